The molecule has 1 atom stereocenters. The van der Waals surface area contributed by atoms with Crippen LogP contribution in [0.1, 0.15) is 44.6 Å². The van der Waals surface area contributed by atoms with Crippen molar-refractivity contribution in [3.05, 3.63) is 54.4 Å². The lowest BCUT2D eigenvalue weighted by atomic mass is 9.72. The normalized spacial score (nSPS) is 21.1. The molecule has 2 saturated heterocycles. The molecule has 0 radical (unpaired) electrons. The Morgan fingerprint density at radius 1 is 1.23 bits per heavy atom. The van der Waals surface area contributed by atoms with Crippen LogP contribution in [0.25, 0.3) is 11.1 Å². The molecule has 2 aliphatic heterocycles. The standard InChI is InChI=1S/C26H34N2O3/c1-2-15-31-23-9-6-14-28(20-23)25(29)26(11-16-30-17-12-26)18-21-7-3-4-10-24(21)22-8-5-13-27-19-22/h3-5,7-8,10,13,19,23H,2,6,9,11-12,14-18,20H2,1H3. The van der Waals surface area contributed by atoms with E-state index in [0.29, 0.717) is 19.8 Å². The summed E-state index contributed by atoms with van der Waals surface area (Å²) in [5, 5.41) is 0. The van der Waals surface area contributed by atoms with E-state index in [1.54, 1.807) is 6.20 Å². The molecule has 2 aromatic rings. The zero-order valence-electron chi connectivity index (χ0n) is 18.6. The first kappa shape index (κ1) is 22.0. The summed E-state index contributed by atoms with van der Waals surface area (Å²) >= 11 is 0. The van der Waals surface area contributed by atoms with E-state index in [1.165, 1.54) is 5.56 Å². The highest BCUT2D eigenvalue weighted by atomic mass is 16.5. The number of pyridine rings is 1. The molecule has 0 saturated carbocycles. The maximum Gasteiger partial charge on any atom is 0.229 e. The SMILES string of the molecule is CCCOC1CCCN(C(=O)C2(Cc3ccccc3-c3cccnc3)CCOCC2)C1. The van der Waals surface area contributed by atoms with Gasteiger partial charge in [-0.3, -0.25) is 9.78 Å². The Labute approximate surface area is 185 Å². The second-order valence-corrected chi connectivity index (χ2v) is 8.85. The first-order chi connectivity index (χ1) is 15.2. The summed E-state index contributed by atoms with van der Waals surface area (Å²) < 4.78 is 11.7. The lowest BCUT2D eigenvalue weighted by molar-refractivity contribution is -0.152. The predicted molar refractivity (Wildman–Crippen MR) is 122 cm³/mol. The van der Waals surface area contributed by atoms with E-state index in [2.05, 4.69) is 47.1 Å². The molecule has 2 aliphatic rings. The number of piperidine rings is 1. The van der Waals surface area contributed by atoms with Crippen LogP contribution in [0.4, 0.5) is 0 Å². The Kier molecular flexibility index (Phi) is 7.36. The van der Waals surface area contributed by atoms with Crippen LogP contribution < -0.4 is 0 Å². The van der Waals surface area contributed by atoms with E-state index in [9.17, 15) is 4.79 Å². The molecule has 1 aromatic heterocycles. The van der Waals surface area contributed by atoms with Gasteiger partial charge in [-0.15, -0.1) is 0 Å². The number of nitrogens with zero attached hydrogens (tertiary/aromatic N) is 2. The summed E-state index contributed by atoms with van der Waals surface area (Å²) in [5.74, 6) is 0.279. The molecule has 3 heterocycles. The Morgan fingerprint density at radius 2 is 2.06 bits per heavy atom. The minimum Gasteiger partial charge on any atom is -0.381 e. The summed E-state index contributed by atoms with van der Waals surface area (Å²) in [6.07, 6.45) is 9.20. The number of carbonyl (C=O) groups is 1. The van der Waals surface area contributed by atoms with Gasteiger partial charge in [-0.2, -0.15) is 0 Å². The van der Waals surface area contributed by atoms with E-state index >= 15 is 0 Å². The van der Waals surface area contributed by atoms with E-state index in [-0.39, 0.29) is 12.0 Å². The van der Waals surface area contributed by atoms with Crippen LogP contribution >= 0.6 is 0 Å². The minimum atomic E-state index is -0.413. The average molecular weight is 423 g/mol. The number of likely N-dealkylation sites (tertiary alicyclic amines) is 1. The summed E-state index contributed by atoms with van der Waals surface area (Å²) in [5.41, 5.74) is 3.06. The molecule has 166 valence electrons. The van der Waals surface area contributed by atoms with Gasteiger partial charge in [-0.1, -0.05) is 37.3 Å². The lowest BCUT2D eigenvalue weighted by Gasteiger charge is -2.42. The highest BCUT2D eigenvalue weighted by Crippen LogP contribution is 2.39. The Hall–Kier alpha value is -2.24. The van der Waals surface area contributed by atoms with Crippen LogP contribution in [0.2, 0.25) is 0 Å². The van der Waals surface area contributed by atoms with Gasteiger partial charge in [0.15, 0.2) is 0 Å². The van der Waals surface area contributed by atoms with Crippen molar-refractivity contribution in [2.75, 3.05) is 32.9 Å². The van der Waals surface area contributed by atoms with E-state index < -0.39 is 5.41 Å². The van der Waals surface area contributed by atoms with Crippen molar-refractivity contribution in [3.63, 3.8) is 0 Å². The maximum absolute atomic E-state index is 13.9. The van der Waals surface area contributed by atoms with Crippen molar-refractivity contribution in [3.8, 4) is 11.1 Å². The first-order valence-electron chi connectivity index (χ1n) is 11.7. The predicted octanol–water partition coefficient (Wildman–Crippen LogP) is 4.51. The monoisotopic (exact) mass is 422 g/mol. The summed E-state index contributed by atoms with van der Waals surface area (Å²) in [6.45, 7) is 5.73. The number of hydrogen-bond donors (Lipinski definition) is 0. The van der Waals surface area contributed by atoms with Crippen LogP contribution in [0, 0.1) is 5.41 Å². The maximum atomic E-state index is 13.9. The second-order valence-electron chi connectivity index (χ2n) is 8.85. The quantitative estimate of drug-likeness (QED) is 0.659. The largest absolute Gasteiger partial charge is 0.381 e. The van der Waals surface area contributed by atoms with Crippen LogP contribution in [0.3, 0.4) is 0 Å². The number of ether oxygens (including phenoxy) is 2. The molecule has 31 heavy (non-hydrogen) atoms. The fourth-order valence-corrected chi connectivity index (χ4v) is 4.95. The molecule has 1 unspecified atom stereocenters. The molecule has 1 amide bonds. The van der Waals surface area contributed by atoms with Crippen molar-refractivity contribution in [2.24, 2.45) is 5.41 Å². The molecular formula is C26H34N2O3. The molecule has 0 N–H and O–H groups in total. The highest BCUT2D eigenvalue weighted by molar-refractivity contribution is 5.84. The molecule has 0 aliphatic carbocycles. The number of aromatic nitrogens is 1. The Morgan fingerprint density at radius 3 is 2.84 bits per heavy atom. The third-order valence-electron chi connectivity index (χ3n) is 6.65. The first-order valence-corrected chi connectivity index (χ1v) is 11.7. The Balaban J connectivity index is 1.59. The third kappa shape index (κ3) is 5.16. The van der Waals surface area contributed by atoms with Crippen molar-refractivity contribution in [2.45, 2.75) is 51.6 Å². The summed E-state index contributed by atoms with van der Waals surface area (Å²) in [7, 11) is 0. The number of hydrogen-bond acceptors (Lipinski definition) is 4. The zero-order chi connectivity index (χ0) is 21.5. The molecule has 0 spiro atoms. The molecule has 4 rings (SSSR count). The fourth-order valence-electron chi connectivity index (χ4n) is 4.95. The van der Waals surface area contributed by atoms with Gasteiger partial charge in [-0.05, 0) is 55.7 Å². The summed E-state index contributed by atoms with van der Waals surface area (Å²) in [6, 6.07) is 12.5. The smallest absolute Gasteiger partial charge is 0.229 e. The van der Waals surface area contributed by atoms with Gasteiger partial charge in [0.1, 0.15) is 0 Å². The van der Waals surface area contributed by atoms with Crippen molar-refractivity contribution in [1.29, 1.82) is 0 Å². The second kappa shape index (κ2) is 10.4. The molecule has 5 nitrogen and oxygen atoms in total. The van der Waals surface area contributed by atoms with Crippen LogP contribution in [-0.4, -0.2) is 54.8 Å². The molecule has 0 bridgehead atoms. The number of amides is 1. The zero-order valence-corrected chi connectivity index (χ0v) is 18.6. The van der Waals surface area contributed by atoms with E-state index in [0.717, 1.165) is 62.8 Å². The van der Waals surface area contributed by atoms with Crippen molar-refractivity contribution >= 4 is 5.91 Å². The number of carbonyl (C=O) groups excluding carboxylic acids is 1. The average Bonchev–Trinajstić information content (AvgIpc) is 2.84. The minimum absolute atomic E-state index is 0.164. The Bertz CT molecular complexity index is 849. The van der Waals surface area contributed by atoms with Gasteiger partial charge in [-0.25, -0.2) is 0 Å². The topological polar surface area (TPSA) is 51.7 Å². The molecule has 1 aromatic carbocycles. The molecule has 2 fully saturated rings. The van der Waals surface area contributed by atoms with Crippen LogP contribution in [0.5, 0.6) is 0 Å². The van der Waals surface area contributed by atoms with Gasteiger partial charge in [0.05, 0.1) is 11.5 Å². The van der Waals surface area contributed by atoms with Crippen LogP contribution in [-0.2, 0) is 20.7 Å². The van der Waals surface area contributed by atoms with Gasteiger partial charge in [0.2, 0.25) is 5.91 Å². The van der Waals surface area contributed by atoms with E-state index in [1.807, 2.05) is 12.3 Å². The van der Waals surface area contributed by atoms with Gasteiger partial charge >= 0.3 is 0 Å². The number of rotatable bonds is 7. The van der Waals surface area contributed by atoms with Crippen LogP contribution in [0.15, 0.2) is 48.8 Å². The van der Waals surface area contributed by atoms with Crippen molar-refractivity contribution < 1.29 is 14.3 Å². The third-order valence-corrected chi connectivity index (χ3v) is 6.65. The lowest BCUT2D eigenvalue weighted by Crippen LogP contribution is -2.52. The van der Waals surface area contributed by atoms with E-state index in [4.69, 9.17) is 9.47 Å². The molecular weight excluding hydrogens is 388 g/mol. The fraction of sp³-hybridized carbons (Fsp3) is 0.538. The van der Waals surface area contributed by atoms with Crippen molar-refractivity contribution in [1.82, 2.24) is 9.88 Å². The van der Waals surface area contributed by atoms with Gasteiger partial charge in [0.25, 0.3) is 0 Å². The summed E-state index contributed by atoms with van der Waals surface area (Å²) in [4.78, 5) is 20.3. The number of benzene rings is 1. The molecule has 5 heteroatoms. The van der Waals surface area contributed by atoms with Gasteiger partial charge in [0, 0.05) is 50.9 Å². The van der Waals surface area contributed by atoms with Gasteiger partial charge < -0.3 is 14.4 Å². The highest BCUT2D eigenvalue weighted by Gasteiger charge is 2.44.